The molecular weight excluding hydrogens is 490 g/mol. The van der Waals surface area contributed by atoms with E-state index in [0.29, 0.717) is 0 Å². The van der Waals surface area contributed by atoms with Gasteiger partial charge in [0.25, 0.3) is 0 Å². The van der Waals surface area contributed by atoms with Gasteiger partial charge in [0.2, 0.25) is 0 Å². The van der Waals surface area contributed by atoms with E-state index in [-0.39, 0.29) is 0 Å². The second-order valence-electron chi connectivity index (χ2n) is 8.77. The third-order valence-electron chi connectivity index (χ3n) is 5.47. The first-order valence-corrected chi connectivity index (χ1v) is 20.1. The Morgan fingerprint density at radius 1 is 0.931 bits per heavy atom. The Balaban J connectivity index is 0.000000211. The third-order valence-corrected chi connectivity index (χ3v) is 7.53. The van der Waals surface area contributed by atoms with Crippen molar-refractivity contribution in [2.75, 3.05) is 0 Å². The molecule has 1 aliphatic carbocycles. The topological polar surface area (TPSA) is 0 Å². The van der Waals surface area contributed by atoms with Crippen LogP contribution in [0.1, 0.15) is 35.1 Å². The van der Waals surface area contributed by atoms with E-state index in [4.69, 9.17) is 17.0 Å². The van der Waals surface area contributed by atoms with E-state index in [2.05, 4.69) is 88.1 Å². The summed E-state index contributed by atoms with van der Waals surface area (Å²) in [7, 11) is 8.89. The summed E-state index contributed by atoms with van der Waals surface area (Å²) in [6.45, 7) is 11.5. The fourth-order valence-corrected chi connectivity index (χ4v) is 5.13. The minimum absolute atomic E-state index is 0.826. The first kappa shape index (κ1) is 24.9. The van der Waals surface area contributed by atoms with E-state index in [1.54, 1.807) is 16.3 Å². The van der Waals surface area contributed by atoms with Crippen LogP contribution in [0.2, 0.25) is 19.6 Å². The summed E-state index contributed by atoms with van der Waals surface area (Å²) in [5.74, 6) is 0. The van der Waals surface area contributed by atoms with Gasteiger partial charge in [-0.25, -0.2) is 11.3 Å². The van der Waals surface area contributed by atoms with Crippen molar-refractivity contribution in [1.82, 2.24) is 0 Å². The van der Waals surface area contributed by atoms with E-state index < -0.39 is 28.9 Å². The Bertz CT molecular complexity index is 856. The van der Waals surface area contributed by atoms with Gasteiger partial charge in [0, 0.05) is 8.07 Å². The van der Waals surface area contributed by atoms with Crippen LogP contribution in [0.15, 0.2) is 54.6 Å². The standard InChI is InChI=1S/C17H19.C8H13Si.2ClH.Zr/c1-12-7-9-14(10-8-12)17-13(2)11-15-5-3-4-6-16(15)17;1-9(2,3)8-6-4-5-7-8;;;/h7-11H,3-6H2,1-2H3;4-7H,1-3H3;2*1H;/q2*-1;;;+4/p-2. The maximum atomic E-state index is 4.93. The number of aryl methyl sites for hydroxylation is 3. The fraction of sp³-hybridized carbons (Fsp3) is 0.360. The molecule has 4 rings (SSSR count). The molecule has 0 heterocycles. The van der Waals surface area contributed by atoms with Crippen molar-refractivity contribution in [2.45, 2.75) is 59.2 Å². The van der Waals surface area contributed by atoms with Crippen LogP contribution in [-0.4, -0.2) is 8.07 Å². The molecule has 3 aromatic carbocycles. The Hall–Kier alpha value is -0.400. The zero-order chi connectivity index (χ0) is 21.4. The molecule has 29 heavy (non-hydrogen) atoms. The zero-order valence-electron chi connectivity index (χ0n) is 18.3. The molecule has 1 aliphatic rings. The molecule has 154 valence electrons. The van der Waals surface area contributed by atoms with Gasteiger partial charge in [-0.3, -0.25) is 0 Å². The molecule has 0 nitrogen and oxygen atoms in total. The molecule has 0 radical (unpaired) electrons. The van der Waals surface area contributed by atoms with Gasteiger partial charge in [-0.15, -0.1) is 0 Å². The zero-order valence-corrected chi connectivity index (χ0v) is 23.3. The normalized spacial score (nSPS) is 12.7. The van der Waals surface area contributed by atoms with Gasteiger partial charge in [-0.1, -0.05) is 87.6 Å². The summed E-state index contributed by atoms with van der Waals surface area (Å²) < 4.78 is 0. The summed E-state index contributed by atoms with van der Waals surface area (Å²) in [6.07, 6.45) is 5.27. The van der Waals surface area contributed by atoms with Crippen molar-refractivity contribution in [1.29, 1.82) is 0 Å². The van der Waals surface area contributed by atoms with Gasteiger partial charge in [-0.05, 0) is 6.92 Å². The summed E-state index contributed by atoms with van der Waals surface area (Å²) in [6, 6.07) is 20.1. The fourth-order valence-electron chi connectivity index (χ4n) is 3.94. The van der Waals surface area contributed by atoms with Gasteiger partial charge in [0.05, 0.1) is 0 Å². The van der Waals surface area contributed by atoms with Crippen molar-refractivity contribution in [3.8, 4) is 11.1 Å². The predicted molar refractivity (Wildman–Crippen MR) is 130 cm³/mol. The van der Waals surface area contributed by atoms with Crippen LogP contribution in [0.4, 0.5) is 0 Å². The molecule has 0 atom stereocenters. The third kappa shape index (κ3) is 7.35. The van der Waals surface area contributed by atoms with Crippen LogP contribution >= 0.6 is 17.0 Å². The molecule has 3 aromatic rings. The molecular formula is C25H32Cl2SiZr. The number of fused-ring (bicyclic) bond motifs is 1. The van der Waals surface area contributed by atoms with E-state index in [0.717, 1.165) is 0 Å². The van der Waals surface area contributed by atoms with Crippen LogP contribution in [0.5, 0.6) is 0 Å². The van der Waals surface area contributed by atoms with Crippen molar-refractivity contribution in [2.24, 2.45) is 0 Å². The molecule has 0 saturated heterocycles. The second-order valence-corrected chi connectivity index (χ2v) is 17.6. The van der Waals surface area contributed by atoms with Crippen molar-refractivity contribution in [3.05, 3.63) is 76.9 Å². The van der Waals surface area contributed by atoms with Crippen LogP contribution in [0.3, 0.4) is 0 Å². The quantitative estimate of drug-likeness (QED) is 0.237. The molecule has 0 spiro atoms. The molecule has 0 fully saturated rings. The minimum atomic E-state index is -0.981. The van der Waals surface area contributed by atoms with Gasteiger partial charge < -0.3 is 0 Å². The molecule has 0 amide bonds. The summed E-state index contributed by atoms with van der Waals surface area (Å²) in [5.41, 5.74) is 8.94. The Morgan fingerprint density at radius 2 is 1.55 bits per heavy atom. The number of hydrogen-bond donors (Lipinski definition) is 0. The van der Waals surface area contributed by atoms with Crippen LogP contribution < -0.4 is 5.19 Å². The van der Waals surface area contributed by atoms with Gasteiger partial charge in [0.15, 0.2) is 0 Å². The molecule has 0 saturated carbocycles. The summed E-state index contributed by atoms with van der Waals surface area (Å²) in [5, 5.41) is 1.56. The maximum absolute atomic E-state index is 4.93. The number of benzene rings is 1. The molecule has 0 N–H and O–H groups in total. The molecule has 0 aromatic heterocycles. The van der Waals surface area contributed by atoms with Crippen molar-refractivity contribution >= 4 is 30.3 Å². The van der Waals surface area contributed by atoms with Gasteiger partial charge in [-0.2, -0.15) is 46.5 Å². The van der Waals surface area contributed by atoms with Crippen molar-refractivity contribution in [3.63, 3.8) is 0 Å². The first-order valence-electron chi connectivity index (χ1n) is 10.3. The molecule has 4 heteroatoms. The SMILES string of the molecule is C[Si](C)(C)c1cc[cH-]c1.Cc1ccc(-c2c(C)[cH-]c3c2CCCC3)cc1.[Cl][Zr+2][Cl]. The van der Waals surface area contributed by atoms with E-state index in [9.17, 15) is 0 Å². The average Bonchev–Trinajstić information content (AvgIpc) is 3.31. The number of hydrogen-bond acceptors (Lipinski definition) is 0. The summed E-state index contributed by atoms with van der Waals surface area (Å²) >= 11 is -0.826. The van der Waals surface area contributed by atoms with Gasteiger partial charge in [0.1, 0.15) is 0 Å². The van der Waals surface area contributed by atoms with Crippen LogP contribution in [0, 0.1) is 13.8 Å². The van der Waals surface area contributed by atoms with Crippen molar-refractivity contribution < 1.29 is 20.8 Å². The second kappa shape index (κ2) is 11.8. The number of rotatable bonds is 2. The predicted octanol–water partition coefficient (Wildman–Crippen LogP) is 7.90. The van der Waals surface area contributed by atoms with E-state index >= 15 is 0 Å². The van der Waals surface area contributed by atoms with Crippen LogP contribution in [-0.2, 0) is 33.7 Å². The Kier molecular flexibility index (Phi) is 10.2. The molecule has 0 aliphatic heterocycles. The van der Waals surface area contributed by atoms with E-state index in [1.165, 1.54) is 47.9 Å². The van der Waals surface area contributed by atoms with Gasteiger partial charge >= 0.3 is 37.9 Å². The first-order chi connectivity index (χ1) is 13.8. The average molecular weight is 523 g/mol. The Labute approximate surface area is 197 Å². The monoisotopic (exact) mass is 520 g/mol. The number of halogens is 2. The summed E-state index contributed by atoms with van der Waals surface area (Å²) in [4.78, 5) is 0. The molecule has 0 bridgehead atoms. The van der Waals surface area contributed by atoms with E-state index in [1.807, 2.05) is 0 Å². The molecule has 0 unspecified atom stereocenters. The Morgan fingerprint density at radius 3 is 2.07 bits per heavy atom. The van der Waals surface area contributed by atoms with Crippen LogP contribution in [0.25, 0.3) is 11.1 Å².